The minimum Gasteiger partial charge on any atom is -0.302 e. The first-order chi connectivity index (χ1) is 11.2. The lowest BCUT2D eigenvalue weighted by molar-refractivity contribution is 0.0984. The first-order valence-corrected chi connectivity index (χ1v) is 7.25. The predicted molar refractivity (Wildman–Crippen MR) is 87.6 cm³/mol. The molecule has 1 aromatic heterocycles. The van der Waals surface area contributed by atoms with Crippen LogP contribution in [0, 0.1) is 5.82 Å². The molecule has 0 spiro atoms. The summed E-state index contributed by atoms with van der Waals surface area (Å²) >= 11 is 0. The van der Waals surface area contributed by atoms with Crippen molar-refractivity contribution < 1.29 is 9.18 Å². The van der Waals surface area contributed by atoms with E-state index in [4.69, 9.17) is 0 Å². The van der Waals surface area contributed by atoms with Crippen molar-refractivity contribution in [2.75, 3.05) is 4.90 Å². The minimum atomic E-state index is -0.429. The molecule has 0 fully saturated rings. The molecule has 3 rings (SSSR count). The van der Waals surface area contributed by atoms with Gasteiger partial charge in [0.1, 0.15) is 5.82 Å². The molecule has 0 saturated carbocycles. The van der Waals surface area contributed by atoms with Gasteiger partial charge in [0.2, 0.25) is 0 Å². The maximum atomic E-state index is 13.4. The van der Waals surface area contributed by atoms with Crippen molar-refractivity contribution in [1.82, 2.24) is 4.98 Å². The summed E-state index contributed by atoms with van der Waals surface area (Å²) in [6.45, 7) is 0.391. The van der Waals surface area contributed by atoms with Crippen LogP contribution in [0.2, 0.25) is 0 Å². The number of hydrogen-bond acceptors (Lipinski definition) is 2. The van der Waals surface area contributed by atoms with Crippen molar-refractivity contribution in [3.63, 3.8) is 0 Å². The van der Waals surface area contributed by atoms with Crippen LogP contribution in [-0.4, -0.2) is 10.9 Å². The van der Waals surface area contributed by atoms with Crippen molar-refractivity contribution in [3.8, 4) is 0 Å². The summed E-state index contributed by atoms with van der Waals surface area (Å²) in [4.78, 5) is 18.5. The molecule has 0 unspecified atom stereocenters. The lowest BCUT2D eigenvalue weighted by Crippen LogP contribution is -2.30. The highest BCUT2D eigenvalue weighted by molar-refractivity contribution is 6.05. The van der Waals surface area contributed by atoms with Crippen LogP contribution in [0.1, 0.15) is 15.9 Å². The zero-order valence-corrected chi connectivity index (χ0v) is 12.4. The Bertz CT molecular complexity index is 791. The second-order valence-corrected chi connectivity index (χ2v) is 5.10. The molecule has 0 saturated heterocycles. The van der Waals surface area contributed by atoms with Crippen LogP contribution >= 0.6 is 0 Å². The van der Waals surface area contributed by atoms with E-state index in [0.717, 1.165) is 5.56 Å². The molecule has 23 heavy (non-hydrogen) atoms. The van der Waals surface area contributed by atoms with Gasteiger partial charge in [-0.3, -0.25) is 9.78 Å². The molecule has 0 radical (unpaired) electrons. The van der Waals surface area contributed by atoms with Gasteiger partial charge in [-0.05, 0) is 35.9 Å². The second kappa shape index (κ2) is 6.83. The number of aromatic nitrogens is 1. The number of halogens is 1. The van der Waals surface area contributed by atoms with E-state index >= 15 is 0 Å². The average molecular weight is 306 g/mol. The maximum Gasteiger partial charge on any atom is 0.258 e. The molecule has 2 aromatic carbocycles. The van der Waals surface area contributed by atoms with Crippen molar-refractivity contribution in [1.29, 1.82) is 0 Å². The standard InChI is InChI=1S/C19H15FN2O/c20-17-9-4-8-16(12-17)19(23)22(18-10-5-11-21-13-18)14-15-6-2-1-3-7-15/h1-13H,14H2. The smallest absolute Gasteiger partial charge is 0.258 e. The van der Waals surface area contributed by atoms with Crippen LogP contribution in [-0.2, 0) is 6.54 Å². The van der Waals surface area contributed by atoms with Crippen LogP contribution in [0.4, 0.5) is 10.1 Å². The van der Waals surface area contributed by atoms with Crippen LogP contribution in [0.25, 0.3) is 0 Å². The van der Waals surface area contributed by atoms with Gasteiger partial charge in [0.05, 0.1) is 18.4 Å². The number of pyridine rings is 1. The average Bonchev–Trinajstić information content (AvgIpc) is 2.61. The fourth-order valence-corrected chi connectivity index (χ4v) is 2.34. The largest absolute Gasteiger partial charge is 0.302 e. The van der Waals surface area contributed by atoms with E-state index in [-0.39, 0.29) is 5.91 Å². The lowest BCUT2D eigenvalue weighted by atomic mass is 10.1. The quantitative estimate of drug-likeness (QED) is 0.728. The number of benzene rings is 2. The summed E-state index contributed by atoms with van der Waals surface area (Å²) in [7, 11) is 0. The number of anilines is 1. The van der Waals surface area contributed by atoms with Gasteiger partial charge in [0.25, 0.3) is 5.91 Å². The number of rotatable bonds is 4. The van der Waals surface area contributed by atoms with E-state index in [1.54, 1.807) is 29.4 Å². The Kier molecular flexibility index (Phi) is 4.43. The zero-order chi connectivity index (χ0) is 16.1. The number of carbonyl (C=O) groups excluding carboxylic acids is 1. The highest BCUT2D eigenvalue weighted by atomic mass is 19.1. The summed E-state index contributed by atoms with van der Waals surface area (Å²) < 4.78 is 13.4. The Morgan fingerprint density at radius 1 is 1.00 bits per heavy atom. The van der Waals surface area contributed by atoms with E-state index < -0.39 is 5.82 Å². The third-order valence-corrected chi connectivity index (χ3v) is 3.46. The molecule has 0 bridgehead atoms. The Morgan fingerprint density at radius 2 is 1.83 bits per heavy atom. The Labute approximate surface area is 134 Å². The van der Waals surface area contributed by atoms with Crippen molar-refractivity contribution in [3.05, 3.63) is 96.1 Å². The molecule has 3 aromatic rings. The Morgan fingerprint density at radius 3 is 2.52 bits per heavy atom. The van der Waals surface area contributed by atoms with E-state index in [1.165, 1.54) is 18.2 Å². The molecule has 0 aliphatic heterocycles. The molecule has 1 heterocycles. The summed E-state index contributed by atoms with van der Waals surface area (Å²) in [5, 5.41) is 0. The van der Waals surface area contributed by atoms with Crippen molar-refractivity contribution >= 4 is 11.6 Å². The van der Waals surface area contributed by atoms with Gasteiger partial charge in [-0.1, -0.05) is 36.4 Å². The van der Waals surface area contributed by atoms with E-state index in [0.29, 0.717) is 17.8 Å². The molecule has 4 heteroatoms. The molecule has 1 amide bonds. The number of hydrogen-bond donors (Lipinski definition) is 0. The summed E-state index contributed by atoms with van der Waals surface area (Å²) in [6, 6.07) is 19.0. The van der Waals surface area contributed by atoms with Gasteiger partial charge in [-0.15, -0.1) is 0 Å². The normalized spacial score (nSPS) is 10.3. The first kappa shape index (κ1) is 14.9. The van der Waals surface area contributed by atoms with Crippen LogP contribution in [0.5, 0.6) is 0 Å². The summed E-state index contributed by atoms with van der Waals surface area (Å²) in [6.07, 6.45) is 3.27. The number of amides is 1. The molecular formula is C19H15FN2O. The van der Waals surface area contributed by atoms with E-state index in [1.807, 2.05) is 36.4 Å². The highest BCUT2D eigenvalue weighted by Gasteiger charge is 2.18. The fourth-order valence-electron chi connectivity index (χ4n) is 2.34. The van der Waals surface area contributed by atoms with Crippen LogP contribution < -0.4 is 4.90 Å². The van der Waals surface area contributed by atoms with Gasteiger partial charge in [-0.2, -0.15) is 0 Å². The molecule has 0 N–H and O–H groups in total. The highest BCUT2D eigenvalue weighted by Crippen LogP contribution is 2.19. The molecule has 0 aliphatic rings. The van der Waals surface area contributed by atoms with Crippen molar-refractivity contribution in [2.45, 2.75) is 6.54 Å². The van der Waals surface area contributed by atoms with Gasteiger partial charge in [0.15, 0.2) is 0 Å². The monoisotopic (exact) mass is 306 g/mol. The van der Waals surface area contributed by atoms with E-state index in [9.17, 15) is 9.18 Å². The van der Waals surface area contributed by atoms with Gasteiger partial charge in [-0.25, -0.2) is 4.39 Å². The van der Waals surface area contributed by atoms with Gasteiger partial charge < -0.3 is 4.90 Å². The molecule has 0 atom stereocenters. The topological polar surface area (TPSA) is 33.2 Å². The number of nitrogens with zero attached hydrogens (tertiary/aromatic N) is 2. The fraction of sp³-hybridized carbons (Fsp3) is 0.0526. The molecule has 114 valence electrons. The third-order valence-electron chi connectivity index (χ3n) is 3.46. The van der Waals surface area contributed by atoms with Crippen molar-refractivity contribution in [2.24, 2.45) is 0 Å². The van der Waals surface area contributed by atoms with Crippen LogP contribution in [0.3, 0.4) is 0 Å². The molecule has 0 aliphatic carbocycles. The molecule has 3 nitrogen and oxygen atoms in total. The first-order valence-electron chi connectivity index (χ1n) is 7.25. The van der Waals surface area contributed by atoms with Gasteiger partial charge in [0, 0.05) is 11.8 Å². The zero-order valence-electron chi connectivity index (χ0n) is 12.4. The lowest BCUT2D eigenvalue weighted by Gasteiger charge is -2.22. The summed E-state index contributed by atoms with van der Waals surface area (Å²) in [5.74, 6) is -0.692. The number of carbonyl (C=O) groups is 1. The Balaban J connectivity index is 1.96. The van der Waals surface area contributed by atoms with Crippen LogP contribution in [0.15, 0.2) is 79.1 Å². The minimum absolute atomic E-state index is 0.263. The molecular weight excluding hydrogens is 291 g/mol. The van der Waals surface area contributed by atoms with E-state index in [2.05, 4.69) is 4.98 Å². The SMILES string of the molecule is O=C(c1cccc(F)c1)N(Cc1ccccc1)c1cccnc1. The second-order valence-electron chi connectivity index (χ2n) is 5.10. The Hall–Kier alpha value is -3.01. The third kappa shape index (κ3) is 3.61. The summed E-state index contributed by atoms with van der Waals surface area (Å²) in [5.41, 5.74) is 1.97. The maximum absolute atomic E-state index is 13.4. The van der Waals surface area contributed by atoms with Gasteiger partial charge >= 0.3 is 0 Å². The predicted octanol–water partition coefficient (Wildman–Crippen LogP) is 4.07.